The first-order chi connectivity index (χ1) is 10.3. The van der Waals surface area contributed by atoms with E-state index in [9.17, 15) is 0 Å². The van der Waals surface area contributed by atoms with Gasteiger partial charge >= 0.3 is 0 Å². The average molecular weight is 302 g/mol. The van der Waals surface area contributed by atoms with E-state index in [0.29, 0.717) is 0 Å². The first-order valence-electron chi connectivity index (χ1n) is 8.23. The molecule has 0 aliphatic carbocycles. The van der Waals surface area contributed by atoms with E-state index in [-0.39, 0.29) is 0 Å². The number of fused-ring (bicyclic) bond motifs is 1. The number of hydrogen-bond acceptors (Lipinski definition) is 3. The lowest BCUT2D eigenvalue weighted by molar-refractivity contribution is 0.153. The van der Waals surface area contributed by atoms with Crippen LogP contribution in [-0.2, 0) is 13.1 Å². The first-order valence-corrected chi connectivity index (χ1v) is 9.05. The number of likely N-dealkylation sites (tertiary alicyclic amines) is 1. The van der Waals surface area contributed by atoms with Crippen molar-refractivity contribution in [2.24, 2.45) is 0 Å². The minimum Gasteiger partial charge on any atom is -0.312 e. The van der Waals surface area contributed by atoms with Gasteiger partial charge in [-0.3, -0.25) is 4.90 Å². The molecule has 1 saturated heterocycles. The van der Waals surface area contributed by atoms with Gasteiger partial charge in [-0.15, -0.1) is 11.3 Å². The standard InChI is InChI=1S/C18H26N2S/c1-3-19-12-18-16(13-20-11-7-6-8-14(20)2)15-9-4-5-10-17(15)21-18/h4-5,9-10,14,19H,3,6-8,11-13H2,1-2H3. The van der Waals surface area contributed by atoms with Crippen LogP contribution in [0.5, 0.6) is 0 Å². The van der Waals surface area contributed by atoms with Crippen molar-refractivity contribution < 1.29 is 0 Å². The molecule has 1 N–H and O–H groups in total. The Labute approximate surface area is 132 Å². The van der Waals surface area contributed by atoms with Crippen molar-refractivity contribution >= 4 is 21.4 Å². The summed E-state index contributed by atoms with van der Waals surface area (Å²) in [5, 5.41) is 4.97. The molecule has 3 heteroatoms. The van der Waals surface area contributed by atoms with E-state index in [0.717, 1.165) is 25.7 Å². The zero-order valence-corrected chi connectivity index (χ0v) is 14.0. The number of piperidine rings is 1. The zero-order valence-electron chi connectivity index (χ0n) is 13.2. The fourth-order valence-electron chi connectivity index (χ4n) is 3.30. The summed E-state index contributed by atoms with van der Waals surface area (Å²) in [5.41, 5.74) is 1.56. The molecule has 1 atom stereocenters. The van der Waals surface area contributed by atoms with Gasteiger partial charge in [-0.05, 0) is 49.9 Å². The summed E-state index contributed by atoms with van der Waals surface area (Å²) in [6.45, 7) is 8.98. The van der Waals surface area contributed by atoms with E-state index in [1.54, 1.807) is 5.56 Å². The highest BCUT2D eigenvalue weighted by Crippen LogP contribution is 2.33. The third-order valence-electron chi connectivity index (χ3n) is 4.62. The molecule has 1 aromatic heterocycles. The molecule has 0 saturated carbocycles. The van der Waals surface area contributed by atoms with Gasteiger partial charge in [-0.25, -0.2) is 0 Å². The first kappa shape index (κ1) is 15.0. The van der Waals surface area contributed by atoms with Gasteiger partial charge in [0.1, 0.15) is 0 Å². The summed E-state index contributed by atoms with van der Waals surface area (Å²) in [6, 6.07) is 9.62. The van der Waals surface area contributed by atoms with Gasteiger partial charge < -0.3 is 5.32 Å². The second-order valence-electron chi connectivity index (χ2n) is 6.10. The molecular formula is C18H26N2S. The van der Waals surface area contributed by atoms with Crippen LogP contribution in [0.2, 0.25) is 0 Å². The summed E-state index contributed by atoms with van der Waals surface area (Å²) in [4.78, 5) is 4.20. The van der Waals surface area contributed by atoms with Gasteiger partial charge in [0.15, 0.2) is 0 Å². The fourth-order valence-corrected chi connectivity index (χ4v) is 4.48. The van der Waals surface area contributed by atoms with E-state index in [4.69, 9.17) is 0 Å². The molecule has 3 rings (SSSR count). The van der Waals surface area contributed by atoms with Crippen LogP contribution in [0.4, 0.5) is 0 Å². The molecular weight excluding hydrogens is 276 g/mol. The Balaban J connectivity index is 1.90. The molecule has 1 unspecified atom stereocenters. The van der Waals surface area contributed by atoms with Crippen molar-refractivity contribution in [1.29, 1.82) is 0 Å². The lowest BCUT2D eigenvalue weighted by Gasteiger charge is -2.33. The number of benzene rings is 1. The molecule has 1 aliphatic rings. The number of hydrogen-bond donors (Lipinski definition) is 1. The summed E-state index contributed by atoms with van der Waals surface area (Å²) in [5.74, 6) is 0. The predicted molar refractivity (Wildman–Crippen MR) is 92.9 cm³/mol. The summed E-state index contributed by atoms with van der Waals surface area (Å²) >= 11 is 1.96. The molecule has 21 heavy (non-hydrogen) atoms. The van der Waals surface area contributed by atoms with E-state index < -0.39 is 0 Å². The number of rotatable bonds is 5. The molecule has 0 bridgehead atoms. The lowest BCUT2D eigenvalue weighted by atomic mass is 10.0. The SMILES string of the molecule is CCNCc1sc2ccccc2c1CN1CCCCC1C. The Hall–Kier alpha value is -0.900. The van der Waals surface area contributed by atoms with Crippen LogP contribution in [0.25, 0.3) is 10.1 Å². The van der Waals surface area contributed by atoms with Crippen LogP contribution < -0.4 is 5.32 Å². The minimum atomic E-state index is 0.726. The third-order valence-corrected chi connectivity index (χ3v) is 5.83. The second kappa shape index (κ2) is 6.91. The topological polar surface area (TPSA) is 15.3 Å². The van der Waals surface area contributed by atoms with Crippen molar-refractivity contribution in [3.63, 3.8) is 0 Å². The maximum atomic E-state index is 3.51. The largest absolute Gasteiger partial charge is 0.312 e. The van der Waals surface area contributed by atoms with E-state index in [1.807, 2.05) is 11.3 Å². The quantitative estimate of drug-likeness (QED) is 0.881. The van der Waals surface area contributed by atoms with Gasteiger partial charge in [0.2, 0.25) is 0 Å². The maximum absolute atomic E-state index is 3.51. The van der Waals surface area contributed by atoms with Gasteiger partial charge in [0, 0.05) is 28.7 Å². The van der Waals surface area contributed by atoms with Crippen LogP contribution in [0.3, 0.4) is 0 Å². The van der Waals surface area contributed by atoms with Gasteiger partial charge in [0.25, 0.3) is 0 Å². The molecule has 0 spiro atoms. The maximum Gasteiger partial charge on any atom is 0.0349 e. The van der Waals surface area contributed by atoms with Crippen molar-refractivity contribution in [3.05, 3.63) is 34.7 Å². The Kier molecular flexibility index (Phi) is 4.94. The van der Waals surface area contributed by atoms with E-state index in [1.165, 1.54) is 40.8 Å². The molecule has 2 nitrogen and oxygen atoms in total. The predicted octanol–water partition coefficient (Wildman–Crippen LogP) is 4.39. The number of thiophene rings is 1. The Morgan fingerprint density at radius 2 is 2.14 bits per heavy atom. The molecule has 0 radical (unpaired) electrons. The molecule has 0 amide bonds. The van der Waals surface area contributed by atoms with Crippen LogP contribution >= 0.6 is 11.3 Å². The molecule has 1 fully saturated rings. The minimum absolute atomic E-state index is 0.726. The van der Waals surface area contributed by atoms with Crippen molar-refractivity contribution in [2.75, 3.05) is 13.1 Å². The molecule has 2 heterocycles. The molecule has 1 aliphatic heterocycles. The number of nitrogens with zero attached hydrogens (tertiary/aromatic N) is 1. The zero-order chi connectivity index (χ0) is 14.7. The second-order valence-corrected chi connectivity index (χ2v) is 7.23. The van der Waals surface area contributed by atoms with Crippen LogP contribution in [-0.4, -0.2) is 24.0 Å². The fraction of sp³-hybridized carbons (Fsp3) is 0.556. The average Bonchev–Trinajstić information content (AvgIpc) is 2.85. The third kappa shape index (κ3) is 3.31. The molecule has 1 aromatic carbocycles. The molecule has 2 aromatic rings. The van der Waals surface area contributed by atoms with Crippen molar-refractivity contribution in [3.8, 4) is 0 Å². The Bertz CT molecular complexity index is 590. The summed E-state index contributed by atoms with van der Waals surface area (Å²) in [7, 11) is 0. The highest BCUT2D eigenvalue weighted by atomic mass is 32.1. The van der Waals surface area contributed by atoms with Crippen LogP contribution in [0.1, 0.15) is 43.6 Å². The van der Waals surface area contributed by atoms with Gasteiger partial charge in [-0.2, -0.15) is 0 Å². The van der Waals surface area contributed by atoms with Crippen LogP contribution in [0.15, 0.2) is 24.3 Å². The van der Waals surface area contributed by atoms with Gasteiger partial charge in [-0.1, -0.05) is 31.5 Å². The monoisotopic (exact) mass is 302 g/mol. The van der Waals surface area contributed by atoms with Gasteiger partial charge in [0.05, 0.1) is 0 Å². The van der Waals surface area contributed by atoms with Crippen LogP contribution in [0, 0.1) is 0 Å². The normalized spacial score (nSPS) is 20.2. The molecule has 114 valence electrons. The Morgan fingerprint density at radius 1 is 1.29 bits per heavy atom. The van der Waals surface area contributed by atoms with Crippen molar-refractivity contribution in [2.45, 2.75) is 52.2 Å². The number of nitrogens with one attached hydrogen (secondary N) is 1. The smallest absolute Gasteiger partial charge is 0.0349 e. The van der Waals surface area contributed by atoms with Crippen molar-refractivity contribution in [1.82, 2.24) is 10.2 Å². The van der Waals surface area contributed by atoms with E-state index in [2.05, 4.69) is 48.3 Å². The highest BCUT2D eigenvalue weighted by molar-refractivity contribution is 7.19. The Morgan fingerprint density at radius 3 is 2.95 bits per heavy atom. The van der Waals surface area contributed by atoms with E-state index >= 15 is 0 Å². The summed E-state index contributed by atoms with van der Waals surface area (Å²) < 4.78 is 1.44. The highest BCUT2D eigenvalue weighted by Gasteiger charge is 2.21. The lowest BCUT2D eigenvalue weighted by Crippen LogP contribution is -2.37. The summed E-state index contributed by atoms with van der Waals surface area (Å²) in [6.07, 6.45) is 4.10.